The van der Waals surface area contributed by atoms with Crippen LogP contribution in [0.4, 0.5) is 0 Å². The maximum absolute atomic E-state index is 10.9. The predicted octanol–water partition coefficient (Wildman–Crippen LogP) is 0.862. The average molecular weight is 228 g/mol. The first-order valence-electron chi connectivity index (χ1n) is 4.54. The molecule has 82 valence electrons. The molecule has 0 spiro atoms. The third-order valence-electron chi connectivity index (χ3n) is 1.46. The lowest BCUT2D eigenvalue weighted by Crippen LogP contribution is -1.99. The molecule has 0 aliphatic heterocycles. The van der Waals surface area contributed by atoms with Gasteiger partial charge < -0.3 is 4.74 Å². The minimum absolute atomic E-state index is 0.361. The van der Waals surface area contributed by atoms with Crippen LogP contribution in [-0.2, 0) is 16.1 Å². The van der Waals surface area contributed by atoms with Crippen molar-refractivity contribution in [3.8, 4) is 0 Å². The van der Waals surface area contributed by atoms with Crippen LogP contribution < -0.4 is 0 Å². The normalized spacial score (nSPS) is 10.8. The van der Waals surface area contributed by atoms with Gasteiger partial charge in [0.1, 0.15) is 0 Å². The molecule has 0 saturated heterocycles. The Kier molecular flexibility index (Phi) is 4.82. The highest BCUT2D eigenvalue weighted by Crippen LogP contribution is 2.14. The molecular formula is C8H12N4O2S. The SMILES string of the molecule is CCOC(=O)/C=C/Sc1nnnn1CC. The Morgan fingerprint density at radius 1 is 1.60 bits per heavy atom. The number of nitrogens with zero attached hydrogens (tertiary/aromatic N) is 4. The van der Waals surface area contributed by atoms with E-state index in [-0.39, 0.29) is 5.97 Å². The minimum Gasteiger partial charge on any atom is -0.463 e. The molecule has 1 heterocycles. The summed E-state index contributed by atoms with van der Waals surface area (Å²) in [6.07, 6.45) is 1.35. The molecule has 0 N–H and O–H groups in total. The zero-order valence-electron chi connectivity index (χ0n) is 8.58. The number of ether oxygens (including phenoxy) is 1. The number of tetrazole rings is 1. The van der Waals surface area contributed by atoms with Crippen molar-refractivity contribution in [1.29, 1.82) is 0 Å². The number of carbonyl (C=O) groups excluding carboxylic acids is 1. The predicted molar refractivity (Wildman–Crippen MR) is 55.1 cm³/mol. The lowest BCUT2D eigenvalue weighted by Gasteiger charge is -1.96. The van der Waals surface area contributed by atoms with Crippen molar-refractivity contribution in [1.82, 2.24) is 20.2 Å². The van der Waals surface area contributed by atoms with Crippen LogP contribution >= 0.6 is 11.8 Å². The van der Waals surface area contributed by atoms with Crippen molar-refractivity contribution in [2.45, 2.75) is 25.5 Å². The quantitative estimate of drug-likeness (QED) is 0.423. The number of esters is 1. The highest BCUT2D eigenvalue weighted by molar-refractivity contribution is 8.02. The fourth-order valence-electron chi connectivity index (χ4n) is 0.820. The van der Waals surface area contributed by atoms with Gasteiger partial charge in [0.2, 0.25) is 5.16 Å². The van der Waals surface area contributed by atoms with Gasteiger partial charge in [-0.2, -0.15) is 0 Å². The van der Waals surface area contributed by atoms with E-state index >= 15 is 0 Å². The first kappa shape index (κ1) is 11.7. The number of hydrogen-bond donors (Lipinski definition) is 0. The van der Waals surface area contributed by atoms with E-state index in [1.807, 2.05) is 6.92 Å². The summed E-state index contributed by atoms with van der Waals surface area (Å²) in [5, 5.41) is 13.3. The molecule has 0 aliphatic carbocycles. The number of aromatic nitrogens is 4. The Bertz CT molecular complexity index is 350. The van der Waals surface area contributed by atoms with Gasteiger partial charge in [0, 0.05) is 12.6 Å². The maximum Gasteiger partial charge on any atom is 0.331 e. The van der Waals surface area contributed by atoms with E-state index in [1.54, 1.807) is 17.0 Å². The number of aryl methyl sites for hydroxylation is 1. The molecule has 1 aromatic rings. The van der Waals surface area contributed by atoms with Crippen LogP contribution in [0.15, 0.2) is 16.6 Å². The van der Waals surface area contributed by atoms with Gasteiger partial charge in [0.25, 0.3) is 0 Å². The van der Waals surface area contributed by atoms with E-state index < -0.39 is 0 Å². The summed E-state index contributed by atoms with van der Waals surface area (Å²) < 4.78 is 6.36. The van der Waals surface area contributed by atoms with Crippen LogP contribution in [0.2, 0.25) is 0 Å². The van der Waals surface area contributed by atoms with E-state index in [0.717, 1.165) is 0 Å². The zero-order chi connectivity index (χ0) is 11.1. The minimum atomic E-state index is -0.361. The second-order valence-electron chi connectivity index (χ2n) is 2.45. The Morgan fingerprint density at radius 2 is 2.40 bits per heavy atom. The lowest BCUT2D eigenvalue weighted by atomic mass is 10.6. The second kappa shape index (κ2) is 6.18. The highest BCUT2D eigenvalue weighted by Gasteiger charge is 2.02. The summed E-state index contributed by atoms with van der Waals surface area (Å²) in [6.45, 7) is 4.77. The van der Waals surface area contributed by atoms with Crippen molar-refractivity contribution < 1.29 is 9.53 Å². The number of carbonyl (C=O) groups is 1. The summed E-state index contributed by atoms with van der Waals surface area (Å²) in [5.41, 5.74) is 0. The molecular weight excluding hydrogens is 216 g/mol. The molecule has 0 bridgehead atoms. The van der Waals surface area contributed by atoms with Crippen LogP contribution in [0, 0.1) is 0 Å². The van der Waals surface area contributed by atoms with Crippen molar-refractivity contribution in [2.75, 3.05) is 6.61 Å². The third-order valence-corrected chi connectivity index (χ3v) is 2.24. The summed E-state index contributed by atoms with van der Waals surface area (Å²) in [6, 6.07) is 0. The third kappa shape index (κ3) is 3.70. The topological polar surface area (TPSA) is 69.9 Å². The summed E-state index contributed by atoms with van der Waals surface area (Å²) >= 11 is 1.28. The Balaban J connectivity index is 2.46. The maximum atomic E-state index is 10.9. The molecule has 0 aromatic carbocycles. The molecule has 0 unspecified atom stereocenters. The molecule has 6 nitrogen and oxygen atoms in total. The van der Waals surface area contributed by atoms with Crippen LogP contribution in [-0.4, -0.2) is 32.8 Å². The molecule has 0 saturated carbocycles. The molecule has 15 heavy (non-hydrogen) atoms. The van der Waals surface area contributed by atoms with Crippen LogP contribution in [0.25, 0.3) is 0 Å². The number of hydrogen-bond acceptors (Lipinski definition) is 6. The molecule has 0 amide bonds. The van der Waals surface area contributed by atoms with Gasteiger partial charge in [-0.3, -0.25) is 0 Å². The molecule has 0 atom stereocenters. The largest absolute Gasteiger partial charge is 0.463 e. The van der Waals surface area contributed by atoms with E-state index in [2.05, 4.69) is 15.5 Å². The van der Waals surface area contributed by atoms with Gasteiger partial charge in [-0.05, 0) is 29.7 Å². The van der Waals surface area contributed by atoms with Gasteiger partial charge in [0.05, 0.1) is 6.61 Å². The number of thioether (sulfide) groups is 1. The van der Waals surface area contributed by atoms with E-state index in [1.165, 1.54) is 17.8 Å². The monoisotopic (exact) mass is 228 g/mol. The van der Waals surface area contributed by atoms with Crippen molar-refractivity contribution >= 4 is 17.7 Å². The Hall–Kier alpha value is -1.37. The fraction of sp³-hybridized carbons (Fsp3) is 0.500. The van der Waals surface area contributed by atoms with E-state index in [9.17, 15) is 4.79 Å². The first-order chi connectivity index (χ1) is 7.27. The van der Waals surface area contributed by atoms with Crippen molar-refractivity contribution in [3.05, 3.63) is 11.5 Å². The van der Waals surface area contributed by atoms with Crippen LogP contribution in [0.1, 0.15) is 13.8 Å². The molecule has 0 radical (unpaired) electrons. The van der Waals surface area contributed by atoms with Gasteiger partial charge in [-0.1, -0.05) is 11.8 Å². The van der Waals surface area contributed by atoms with Crippen molar-refractivity contribution in [3.63, 3.8) is 0 Å². The zero-order valence-corrected chi connectivity index (χ0v) is 9.40. The first-order valence-corrected chi connectivity index (χ1v) is 5.42. The van der Waals surface area contributed by atoms with E-state index in [4.69, 9.17) is 4.74 Å². The van der Waals surface area contributed by atoms with Gasteiger partial charge in [-0.15, -0.1) is 5.10 Å². The molecule has 0 aliphatic rings. The van der Waals surface area contributed by atoms with Gasteiger partial charge in [-0.25, -0.2) is 9.48 Å². The number of rotatable bonds is 5. The van der Waals surface area contributed by atoms with Gasteiger partial charge >= 0.3 is 5.97 Å². The summed E-state index contributed by atoms with van der Waals surface area (Å²) in [5.74, 6) is -0.361. The van der Waals surface area contributed by atoms with Crippen LogP contribution in [0.3, 0.4) is 0 Å². The lowest BCUT2D eigenvalue weighted by molar-refractivity contribution is -0.137. The molecule has 1 rings (SSSR count). The Morgan fingerprint density at radius 3 is 3.07 bits per heavy atom. The molecule has 7 heteroatoms. The van der Waals surface area contributed by atoms with Gasteiger partial charge in [0.15, 0.2) is 0 Å². The summed E-state index contributed by atoms with van der Waals surface area (Å²) in [4.78, 5) is 10.9. The van der Waals surface area contributed by atoms with Crippen LogP contribution in [0.5, 0.6) is 0 Å². The highest BCUT2D eigenvalue weighted by atomic mass is 32.2. The standard InChI is InChI=1S/C8H12N4O2S/c1-3-12-8(9-10-11-12)15-6-5-7(13)14-4-2/h5-6H,3-4H2,1-2H3/b6-5+. The molecule has 0 fully saturated rings. The Labute approximate surface area is 91.7 Å². The van der Waals surface area contributed by atoms with Crippen molar-refractivity contribution in [2.24, 2.45) is 0 Å². The smallest absolute Gasteiger partial charge is 0.331 e. The average Bonchev–Trinajstić information content (AvgIpc) is 2.66. The molecule has 1 aromatic heterocycles. The second-order valence-corrected chi connectivity index (χ2v) is 3.32. The summed E-state index contributed by atoms with van der Waals surface area (Å²) in [7, 11) is 0. The fourth-order valence-corrected chi connectivity index (χ4v) is 1.49. The van der Waals surface area contributed by atoms with E-state index in [0.29, 0.717) is 18.3 Å².